The molecule has 0 aliphatic carbocycles. The number of rotatable bonds is 4. The van der Waals surface area contributed by atoms with Gasteiger partial charge in [0.15, 0.2) is 0 Å². The number of carbonyl (C=O) groups excluding carboxylic acids is 1. The molecule has 0 aliphatic rings. The van der Waals surface area contributed by atoms with E-state index in [2.05, 4.69) is 10.6 Å². The number of amides is 1. The van der Waals surface area contributed by atoms with Crippen molar-refractivity contribution >= 4 is 11.8 Å². The first-order valence-electron chi connectivity index (χ1n) is 7.12. The van der Waals surface area contributed by atoms with Gasteiger partial charge in [-0.25, -0.2) is 4.79 Å². The number of aryl methyl sites for hydroxylation is 2. The van der Waals surface area contributed by atoms with Crippen LogP contribution in [-0.4, -0.2) is 29.4 Å². The van der Waals surface area contributed by atoms with Crippen LogP contribution in [0.15, 0.2) is 12.1 Å². The van der Waals surface area contributed by atoms with Gasteiger partial charge in [0.05, 0.1) is 0 Å². The van der Waals surface area contributed by atoms with E-state index in [9.17, 15) is 9.90 Å². The van der Waals surface area contributed by atoms with Gasteiger partial charge in [0.1, 0.15) is 11.4 Å². The Morgan fingerprint density at radius 3 is 2.48 bits per heavy atom. The molecule has 0 radical (unpaired) electrons. The summed E-state index contributed by atoms with van der Waals surface area (Å²) in [4.78, 5) is 11.6. The first-order valence-corrected chi connectivity index (χ1v) is 7.12. The van der Waals surface area contributed by atoms with Gasteiger partial charge in [0.2, 0.25) is 0 Å². The molecule has 1 atom stereocenters. The highest BCUT2D eigenvalue weighted by Crippen LogP contribution is 2.25. The smallest absolute Gasteiger partial charge is 0.407 e. The third kappa shape index (κ3) is 5.94. The van der Waals surface area contributed by atoms with Gasteiger partial charge in [-0.3, -0.25) is 0 Å². The van der Waals surface area contributed by atoms with E-state index in [1.54, 1.807) is 6.07 Å². The summed E-state index contributed by atoms with van der Waals surface area (Å²) in [6.07, 6.45) is -0.422. The van der Waals surface area contributed by atoms with Gasteiger partial charge in [0.25, 0.3) is 0 Å². The third-order valence-electron chi connectivity index (χ3n) is 2.90. The highest BCUT2D eigenvalue weighted by molar-refractivity contribution is 5.67. The molecule has 0 bridgehead atoms. The summed E-state index contributed by atoms with van der Waals surface area (Å²) in [5, 5.41) is 15.7. The average Bonchev–Trinajstić information content (AvgIpc) is 2.31. The molecule has 1 amide bonds. The fourth-order valence-electron chi connectivity index (χ4n) is 1.82. The molecule has 0 aromatic heterocycles. The maximum Gasteiger partial charge on any atom is 0.407 e. The van der Waals surface area contributed by atoms with Gasteiger partial charge in [-0.15, -0.1) is 0 Å². The van der Waals surface area contributed by atoms with Crippen LogP contribution in [0.3, 0.4) is 0 Å². The minimum absolute atomic E-state index is 0.0418. The molecule has 0 aliphatic heterocycles. The number of alkyl carbamates (subject to hydrolysis) is 1. The summed E-state index contributed by atoms with van der Waals surface area (Å²) < 4.78 is 5.19. The van der Waals surface area contributed by atoms with E-state index in [1.165, 1.54) is 0 Å². The third-order valence-corrected chi connectivity index (χ3v) is 2.90. The van der Waals surface area contributed by atoms with Crippen molar-refractivity contribution in [3.05, 3.63) is 23.3 Å². The highest BCUT2D eigenvalue weighted by atomic mass is 16.6. The number of hydrogen-bond donors (Lipinski definition) is 3. The molecule has 0 saturated carbocycles. The second-order valence-electron chi connectivity index (χ2n) is 6.38. The molecule has 5 heteroatoms. The summed E-state index contributed by atoms with van der Waals surface area (Å²) in [5.74, 6) is 0.289. The van der Waals surface area contributed by atoms with Crippen LogP contribution in [0.25, 0.3) is 0 Å². The Balaban J connectivity index is 2.53. The second kappa shape index (κ2) is 6.70. The molecule has 3 N–H and O–H groups in total. The lowest BCUT2D eigenvalue weighted by atomic mass is 10.1. The van der Waals surface area contributed by atoms with Crippen molar-refractivity contribution < 1.29 is 14.6 Å². The maximum atomic E-state index is 11.6. The number of carbonyl (C=O) groups is 1. The van der Waals surface area contributed by atoms with Gasteiger partial charge in [0, 0.05) is 18.3 Å². The maximum absolute atomic E-state index is 11.6. The van der Waals surface area contributed by atoms with E-state index in [0.29, 0.717) is 6.54 Å². The van der Waals surface area contributed by atoms with E-state index in [1.807, 2.05) is 47.6 Å². The fraction of sp³-hybridized carbons (Fsp3) is 0.562. The lowest BCUT2D eigenvalue weighted by Gasteiger charge is -2.22. The number of ether oxygens (including phenoxy) is 1. The van der Waals surface area contributed by atoms with Gasteiger partial charge in [-0.1, -0.05) is 0 Å². The molecule has 0 spiro atoms. The van der Waals surface area contributed by atoms with Crippen LogP contribution in [-0.2, 0) is 4.74 Å². The lowest BCUT2D eigenvalue weighted by molar-refractivity contribution is 0.0526. The Labute approximate surface area is 126 Å². The molecular formula is C16H26N2O3. The van der Waals surface area contributed by atoms with Crippen LogP contribution in [0.1, 0.15) is 38.8 Å². The Bertz CT molecular complexity index is 507. The van der Waals surface area contributed by atoms with Crippen molar-refractivity contribution in [2.75, 3.05) is 11.9 Å². The van der Waals surface area contributed by atoms with Gasteiger partial charge in [-0.2, -0.15) is 0 Å². The predicted molar refractivity (Wildman–Crippen MR) is 84.9 cm³/mol. The Hall–Kier alpha value is -1.91. The van der Waals surface area contributed by atoms with Crippen LogP contribution in [0.4, 0.5) is 10.5 Å². The number of benzene rings is 1. The molecule has 1 aromatic rings. The van der Waals surface area contributed by atoms with Gasteiger partial charge >= 0.3 is 6.09 Å². The Morgan fingerprint density at radius 1 is 1.29 bits per heavy atom. The standard InChI is InChI=1S/C16H26N2O3/c1-10-8-14(19)11(2)7-13(10)18-12(3)9-17-15(20)21-16(4,5)6/h7-8,12,18-19H,9H2,1-6H3,(H,17,20). The Kier molecular flexibility index (Phi) is 5.47. The molecule has 0 heterocycles. The molecule has 0 saturated heterocycles. The SMILES string of the molecule is Cc1cc(NC(C)CNC(=O)OC(C)(C)C)c(C)cc1O. The molecule has 21 heavy (non-hydrogen) atoms. The minimum atomic E-state index is -0.495. The quantitative estimate of drug-likeness (QED) is 0.745. The van der Waals surface area contributed by atoms with Crippen LogP contribution in [0.2, 0.25) is 0 Å². The monoisotopic (exact) mass is 294 g/mol. The van der Waals surface area contributed by atoms with E-state index in [4.69, 9.17) is 4.74 Å². The summed E-state index contributed by atoms with van der Waals surface area (Å²) in [6.45, 7) is 11.7. The topological polar surface area (TPSA) is 70.6 Å². The number of phenols is 1. The molecule has 5 nitrogen and oxygen atoms in total. The van der Waals surface area contributed by atoms with Crippen molar-refractivity contribution in [3.8, 4) is 5.75 Å². The molecule has 1 rings (SSSR count). The Morgan fingerprint density at radius 2 is 1.90 bits per heavy atom. The van der Waals surface area contributed by atoms with Crippen LogP contribution in [0, 0.1) is 13.8 Å². The van der Waals surface area contributed by atoms with E-state index < -0.39 is 11.7 Å². The molecule has 1 unspecified atom stereocenters. The highest BCUT2D eigenvalue weighted by Gasteiger charge is 2.16. The molecular weight excluding hydrogens is 268 g/mol. The van der Waals surface area contributed by atoms with Crippen LogP contribution >= 0.6 is 0 Å². The number of nitrogens with one attached hydrogen (secondary N) is 2. The number of phenolic OH excluding ortho intramolecular Hbond substituents is 1. The van der Waals surface area contributed by atoms with Crippen molar-refractivity contribution in [2.24, 2.45) is 0 Å². The van der Waals surface area contributed by atoms with E-state index in [0.717, 1.165) is 16.8 Å². The minimum Gasteiger partial charge on any atom is -0.508 e. The zero-order chi connectivity index (χ0) is 16.2. The second-order valence-corrected chi connectivity index (χ2v) is 6.38. The number of aromatic hydroxyl groups is 1. The van der Waals surface area contributed by atoms with Crippen LogP contribution < -0.4 is 10.6 Å². The zero-order valence-corrected chi connectivity index (χ0v) is 13.7. The molecule has 0 fully saturated rings. The molecule has 1 aromatic carbocycles. The summed E-state index contributed by atoms with van der Waals surface area (Å²) in [6, 6.07) is 3.67. The first-order chi connectivity index (χ1) is 9.58. The van der Waals surface area contributed by atoms with Gasteiger partial charge in [-0.05, 0) is 64.8 Å². The fourth-order valence-corrected chi connectivity index (χ4v) is 1.82. The van der Waals surface area contributed by atoms with Crippen molar-refractivity contribution in [3.63, 3.8) is 0 Å². The van der Waals surface area contributed by atoms with Crippen molar-refractivity contribution in [1.82, 2.24) is 5.32 Å². The average molecular weight is 294 g/mol. The largest absolute Gasteiger partial charge is 0.508 e. The summed E-state index contributed by atoms with van der Waals surface area (Å²) in [5.41, 5.74) is 2.23. The number of anilines is 1. The van der Waals surface area contributed by atoms with E-state index >= 15 is 0 Å². The summed E-state index contributed by atoms with van der Waals surface area (Å²) in [7, 11) is 0. The predicted octanol–water partition coefficient (Wildman–Crippen LogP) is 3.33. The number of hydrogen-bond acceptors (Lipinski definition) is 4. The zero-order valence-electron chi connectivity index (χ0n) is 13.7. The first kappa shape index (κ1) is 17.1. The van der Waals surface area contributed by atoms with Gasteiger partial charge < -0.3 is 20.5 Å². The van der Waals surface area contributed by atoms with Crippen molar-refractivity contribution in [2.45, 2.75) is 53.2 Å². The summed E-state index contributed by atoms with van der Waals surface area (Å²) >= 11 is 0. The lowest BCUT2D eigenvalue weighted by Crippen LogP contribution is -2.38. The normalized spacial score (nSPS) is 12.7. The molecule has 118 valence electrons. The van der Waals surface area contributed by atoms with Crippen molar-refractivity contribution in [1.29, 1.82) is 0 Å². The van der Waals surface area contributed by atoms with Crippen LogP contribution in [0.5, 0.6) is 5.75 Å². The van der Waals surface area contributed by atoms with E-state index in [-0.39, 0.29) is 11.8 Å².